The number of hydrogen-bond donors (Lipinski definition) is 3. The molecule has 0 amide bonds. The minimum absolute atomic E-state index is 0.0589. The molecular formula is C18H17ClFN9. The Morgan fingerprint density at radius 1 is 1.21 bits per heavy atom. The minimum atomic E-state index is -0.494. The third-order valence-electron chi connectivity index (χ3n) is 5.22. The van der Waals surface area contributed by atoms with Crippen LogP contribution in [0, 0.1) is 5.82 Å². The van der Waals surface area contributed by atoms with Gasteiger partial charge in [-0.3, -0.25) is 0 Å². The van der Waals surface area contributed by atoms with Crippen molar-refractivity contribution in [3.05, 3.63) is 41.3 Å². The normalized spacial score (nSPS) is 19.5. The summed E-state index contributed by atoms with van der Waals surface area (Å²) in [4.78, 5) is 15.9. The predicted molar refractivity (Wildman–Crippen MR) is 105 cm³/mol. The summed E-state index contributed by atoms with van der Waals surface area (Å²) in [5, 5.41) is 18.8. The number of halogens is 2. The Hall–Kier alpha value is -3.14. The molecule has 1 aliphatic carbocycles. The van der Waals surface area contributed by atoms with Gasteiger partial charge in [0.2, 0.25) is 0 Å². The molecule has 9 nitrogen and oxygen atoms in total. The highest BCUT2D eigenvalue weighted by molar-refractivity contribution is 6.31. The Morgan fingerprint density at radius 3 is 3.00 bits per heavy atom. The van der Waals surface area contributed by atoms with Gasteiger partial charge in [0.15, 0.2) is 23.3 Å². The molecule has 0 radical (unpaired) electrons. The molecule has 1 saturated carbocycles. The Kier molecular flexibility index (Phi) is 4.55. The largest absolute Gasteiger partial charge is 0.365 e. The first-order valence-corrected chi connectivity index (χ1v) is 9.70. The van der Waals surface area contributed by atoms with Crippen LogP contribution < -0.4 is 5.32 Å². The van der Waals surface area contributed by atoms with E-state index in [1.54, 1.807) is 18.5 Å². The minimum Gasteiger partial charge on any atom is -0.365 e. The van der Waals surface area contributed by atoms with Crippen molar-refractivity contribution in [3.63, 3.8) is 0 Å². The molecule has 4 aromatic heterocycles. The molecule has 0 bridgehead atoms. The second-order valence-electron chi connectivity index (χ2n) is 7.12. The van der Waals surface area contributed by atoms with Crippen LogP contribution in [-0.4, -0.2) is 46.6 Å². The number of rotatable bonds is 4. The van der Waals surface area contributed by atoms with Crippen molar-refractivity contribution in [1.82, 2.24) is 40.6 Å². The molecule has 4 heterocycles. The van der Waals surface area contributed by atoms with E-state index in [1.165, 1.54) is 6.20 Å². The van der Waals surface area contributed by atoms with Crippen LogP contribution in [0.5, 0.6) is 0 Å². The summed E-state index contributed by atoms with van der Waals surface area (Å²) in [6.45, 7) is 0. The van der Waals surface area contributed by atoms with Crippen LogP contribution >= 0.6 is 11.6 Å². The Balaban J connectivity index is 1.41. The lowest BCUT2D eigenvalue weighted by molar-refractivity contribution is 0.396. The van der Waals surface area contributed by atoms with Gasteiger partial charge in [-0.1, -0.05) is 23.2 Å². The van der Waals surface area contributed by atoms with Crippen molar-refractivity contribution >= 4 is 28.5 Å². The topological polar surface area (TPSA) is 121 Å². The van der Waals surface area contributed by atoms with Gasteiger partial charge in [-0.2, -0.15) is 5.21 Å². The van der Waals surface area contributed by atoms with E-state index in [4.69, 9.17) is 11.6 Å². The summed E-state index contributed by atoms with van der Waals surface area (Å²) < 4.78 is 14.4. The number of tetrazole rings is 1. The lowest BCUT2D eigenvalue weighted by Gasteiger charge is -2.28. The standard InChI is InChI=1S/C18H17ClFN9/c19-10-5-12-13(7-22-16(12)21-6-10)17-23-8-14(20)18(25-17)24-11-3-1-2-9(4-11)15-26-28-29-27-15/h5-9,11H,1-4H2,(H,21,22)(H,23,24,25)(H,26,27,28,29). The van der Waals surface area contributed by atoms with Crippen molar-refractivity contribution in [2.45, 2.75) is 37.6 Å². The Bertz CT molecular complexity index is 1140. The monoisotopic (exact) mass is 413 g/mol. The molecule has 4 aromatic rings. The predicted octanol–water partition coefficient (Wildman–Crippen LogP) is 3.46. The molecule has 0 aliphatic heterocycles. The number of hydrogen-bond acceptors (Lipinski definition) is 7. The summed E-state index contributed by atoms with van der Waals surface area (Å²) in [5.41, 5.74) is 1.38. The van der Waals surface area contributed by atoms with E-state index >= 15 is 0 Å². The zero-order valence-electron chi connectivity index (χ0n) is 15.2. The Morgan fingerprint density at radius 2 is 2.14 bits per heavy atom. The highest BCUT2D eigenvalue weighted by atomic mass is 35.5. The second-order valence-corrected chi connectivity index (χ2v) is 7.55. The van der Waals surface area contributed by atoms with Crippen molar-refractivity contribution < 1.29 is 4.39 Å². The Labute approximate surface area is 169 Å². The fraction of sp³-hybridized carbons (Fsp3) is 0.333. The lowest BCUT2D eigenvalue weighted by Crippen LogP contribution is -2.28. The molecule has 5 rings (SSSR count). The molecule has 2 atom stereocenters. The molecule has 0 saturated heterocycles. The first-order valence-electron chi connectivity index (χ1n) is 9.33. The van der Waals surface area contributed by atoms with Crippen LogP contribution in [0.4, 0.5) is 10.2 Å². The summed E-state index contributed by atoms with van der Waals surface area (Å²) >= 11 is 6.07. The zero-order valence-corrected chi connectivity index (χ0v) is 16.0. The molecule has 0 spiro atoms. The van der Waals surface area contributed by atoms with Gasteiger partial charge >= 0.3 is 0 Å². The summed E-state index contributed by atoms with van der Waals surface area (Å²) in [6.07, 6.45) is 8.16. The van der Waals surface area contributed by atoms with Crippen LogP contribution in [0.15, 0.2) is 24.7 Å². The highest BCUT2D eigenvalue weighted by Gasteiger charge is 2.27. The summed E-state index contributed by atoms with van der Waals surface area (Å²) in [5.74, 6) is 0.967. The van der Waals surface area contributed by atoms with E-state index in [1.807, 2.05) is 0 Å². The fourth-order valence-corrected chi connectivity index (χ4v) is 4.01. The number of fused-ring (bicyclic) bond motifs is 1. The number of pyridine rings is 1. The number of anilines is 1. The van der Waals surface area contributed by atoms with Gasteiger partial charge in [0.25, 0.3) is 0 Å². The smallest absolute Gasteiger partial charge is 0.183 e. The molecule has 0 aromatic carbocycles. The number of aromatic amines is 2. The summed E-state index contributed by atoms with van der Waals surface area (Å²) in [6, 6.07) is 1.84. The quantitative estimate of drug-likeness (QED) is 0.468. The molecule has 1 aliphatic rings. The lowest BCUT2D eigenvalue weighted by atomic mass is 9.85. The number of nitrogens with one attached hydrogen (secondary N) is 3. The van der Waals surface area contributed by atoms with Crippen molar-refractivity contribution in [2.75, 3.05) is 5.32 Å². The first kappa shape index (κ1) is 17.9. The number of nitrogens with zero attached hydrogens (tertiary/aromatic N) is 6. The average molecular weight is 414 g/mol. The van der Waals surface area contributed by atoms with Crippen LogP contribution in [0.3, 0.4) is 0 Å². The van der Waals surface area contributed by atoms with E-state index in [2.05, 4.69) is 45.9 Å². The van der Waals surface area contributed by atoms with Gasteiger partial charge in [0.05, 0.1) is 11.2 Å². The van der Waals surface area contributed by atoms with Crippen LogP contribution in [0.1, 0.15) is 37.4 Å². The molecule has 1 fully saturated rings. The SMILES string of the molecule is Fc1cnc(-c2c[nH]c3ncc(Cl)cc23)nc1NC1CCCC(c2nn[nH]n2)C1. The molecule has 11 heteroatoms. The van der Waals surface area contributed by atoms with Gasteiger partial charge in [-0.25, -0.2) is 19.3 Å². The average Bonchev–Trinajstić information content (AvgIpc) is 3.40. The maximum absolute atomic E-state index is 14.4. The molecular weight excluding hydrogens is 397 g/mol. The molecule has 3 N–H and O–H groups in total. The van der Waals surface area contributed by atoms with Crippen LogP contribution in [0.2, 0.25) is 5.02 Å². The number of H-pyrrole nitrogens is 2. The third kappa shape index (κ3) is 3.51. The second kappa shape index (κ2) is 7.36. The van der Waals surface area contributed by atoms with Crippen molar-refractivity contribution in [2.24, 2.45) is 0 Å². The van der Waals surface area contributed by atoms with E-state index in [0.717, 1.165) is 31.1 Å². The molecule has 29 heavy (non-hydrogen) atoms. The van der Waals surface area contributed by atoms with Gasteiger partial charge in [-0.05, 0) is 25.3 Å². The summed E-state index contributed by atoms with van der Waals surface area (Å²) in [7, 11) is 0. The van der Waals surface area contributed by atoms with Gasteiger partial charge in [-0.15, -0.1) is 10.2 Å². The van der Waals surface area contributed by atoms with Gasteiger partial charge in [0.1, 0.15) is 5.65 Å². The van der Waals surface area contributed by atoms with Crippen LogP contribution in [-0.2, 0) is 0 Å². The maximum atomic E-state index is 14.4. The van der Waals surface area contributed by atoms with Gasteiger partial charge in [0, 0.05) is 35.3 Å². The van der Waals surface area contributed by atoms with Gasteiger partial charge < -0.3 is 10.3 Å². The third-order valence-corrected chi connectivity index (χ3v) is 5.43. The van der Waals surface area contributed by atoms with E-state index in [0.29, 0.717) is 27.9 Å². The molecule has 2 unspecified atom stereocenters. The van der Waals surface area contributed by atoms with Crippen LogP contribution in [0.25, 0.3) is 22.4 Å². The maximum Gasteiger partial charge on any atom is 0.183 e. The number of aromatic nitrogens is 8. The van der Waals surface area contributed by atoms with E-state index in [-0.39, 0.29) is 17.8 Å². The van der Waals surface area contributed by atoms with Crippen molar-refractivity contribution in [1.29, 1.82) is 0 Å². The fourth-order valence-electron chi connectivity index (χ4n) is 3.85. The van der Waals surface area contributed by atoms with E-state index < -0.39 is 5.82 Å². The molecule has 148 valence electrons. The van der Waals surface area contributed by atoms with Crippen molar-refractivity contribution in [3.8, 4) is 11.4 Å². The zero-order chi connectivity index (χ0) is 19.8. The highest BCUT2D eigenvalue weighted by Crippen LogP contribution is 2.33. The van der Waals surface area contributed by atoms with E-state index in [9.17, 15) is 4.39 Å². The first-order chi connectivity index (χ1) is 14.2.